The second-order valence-electron chi connectivity index (χ2n) is 4.47. The number of hydrogen-bond donors (Lipinski definition) is 0. The van der Waals surface area contributed by atoms with Gasteiger partial charge >= 0.3 is 5.97 Å². The minimum atomic E-state index is -0.768. The van der Waals surface area contributed by atoms with Gasteiger partial charge in [0.2, 0.25) is 5.78 Å². The number of methoxy groups -OCH3 is 1. The summed E-state index contributed by atoms with van der Waals surface area (Å²) >= 11 is 0. The van der Waals surface area contributed by atoms with Gasteiger partial charge in [0.05, 0.1) is 13.7 Å². The Morgan fingerprint density at radius 3 is 2.47 bits per heavy atom. The van der Waals surface area contributed by atoms with E-state index in [1.165, 1.54) is 18.2 Å². The van der Waals surface area contributed by atoms with E-state index < -0.39 is 11.8 Å². The summed E-state index contributed by atoms with van der Waals surface area (Å²) in [4.78, 5) is 22.0. The van der Waals surface area contributed by atoms with Gasteiger partial charge in [0.1, 0.15) is 5.75 Å². The number of unbranched alkanes of at least 4 members (excludes halogenated alkanes) is 1. The summed E-state index contributed by atoms with van der Waals surface area (Å²) in [5.41, 5.74) is 2.43. The molecule has 1 aromatic rings. The molecule has 0 spiro atoms. The van der Waals surface area contributed by atoms with E-state index in [9.17, 15) is 9.59 Å². The molecular formula is C15H20O4. The summed E-state index contributed by atoms with van der Waals surface area (Å²) in [5.74, 6) is -0.411. The summed E-state index contributed by atoms with van der Waals surface area (Å²) in [7, 11) is 1.21. The predicted octanol–water partition coefficient (Wildman–Crippen LogP) is 2.59. The molecule has 0 fully saturated rings. The Morgan fingerprint density at radius 2 is 1.84 bits per heavy atom. The molecule has 0 heterocycles. The van der Waals surface area contributed by atoms with E-state index >= 15 is 0 Å². The standard InChI is InChI=1S/C15H20O4/c1-11-7-8-13(10-12(11)2)19-9-5-4-6-14(16)15(17)18-3/h7-8,10H,4-6,9H2,1-3H3. The fraction of sp³-hybridized carbons (Fsp3) is 0.467. The molecule has 104 valence electrons. The fourth-order valence-electron chi connectivity index (χ4n) is 1.60. The van der Waals surface area contributed by atoms with Crippen molar-refractivity contribution < 1.29 is 19.1 Å². The van der Waals surface area contributed by atoms with Crippen LogP contribution in [-0.2, 0) is 14.3 Å². The summed E-state index contributed by atoms with van der Waals surface area (Å²) in [6, 6.07) is 5.95. The molecule has 4 heteroatoms. The van der Waals surface area contributed by atoms with Gasteiger partial charge in [0.15, 0.2) is 0 Å². The molecule has 0 aliphatic rings. The number of Topliss-reactive ketones (excluding diaryl/α,β-unsaturated/α-hetero) is 1. The zero-order valence-corrected chi connectivity index (χ0v) is 11.7. The Bertz CT molecular complexity index is 451. The van der Waals surface area contributed by atoms with Crippen molar-refractivity contribution >= 4 is 11.8 Å². The number of esters is 1. The first-order valence-corrected chi connectivity index (χ1v) is 6.36. The first-order chi connectivity index (χ1) is 9.04. The monoisotopic (exact) mass is 264 g/mol. The number of rotatable bonds is 7. The van der Waals surface area contributed by atoms with Crippen LogP contribution in [-0.4, -0.2) is 25.5 Å². The summed E-state index contributed by atoms with van der Waals surface area (Å²) in [6.45, 7) is 4.63. The number of benzene rings is 1. The topological polar surface area (TPSA) is 52.6 Å². The number of carbonyl (C=O) groups is 2. The van der Waals surface area contributed by atoms with Crippen LogP contribution in [0.2, 0.25) is 0 Å². The van der Waals surface area contributed by atoms with Gasteiger partial charge in [-0.1, -0.05) is 6.07 Å². The zero-order chi connectivity index (χ0) is 14.3. The van der Waals surface area contributed by atoms with E-state index in [1.807, 2.05) is 25.1 Å². The molecule has 19 heavy (non-hydrogen) atoms. The first-order valence-electron chi connectivity index (χ1n) is 6.36. The third kappa shape index (κ3) is 5.12. The zero-order valence-electron chi connectivity index (χ0n) is 11.7. The van der Waals surface area contributed by atoms with Crippen molar-refractivity contribution in [1.29, 1.82) is 0 Å². The van der Waals surface area contributed by atoms with Crippen molar-refractivity contribution in [2.24, 2.45) is 0 Å². The Hall–Kier alpha value is -1.84. The van der Waals surface area contributed by atoms with E-state index in [4.69, 9.17) is 4.74 Å². The van der Waals surface area contributed by atoms with E-state index in [0.717, 1.165) is 12.2 Å². The second-order valence-corrected chi connectivity index (χ2v) is 4.47. The highest BCUT2D eigenvalue weighted by atomic mass is 16.5. The third-order valence-electron chi connectivity index (χ3n) is 2.96. The number of ketones is 1. The van der Waals surface area contributed by atoms with Crippen LogP contribution in [0.25, 0.3) is 0 Å². The molecular weight excluding hydrogens is 244 g/mol. The van der Waals surface area contributed by atoms with Crippen LogP contribution in [0.5, 0.6) is 5.75 Å². The number of ether oxygens (including phenoxy) is 2. The molecule has 0 saturated heterocycles. The number of carbonyl (C=O) groups excluding carboxylic acids is 2. The summed E-state index contributed by atoms with van der Waals surface area (Å²) in [5, 5.41) is 0. The van der Waals surface area contributed by atoms with Gasteiger partial charge in [-0.05, 0) is 49.9 Å². The normalized spacial score (nSPS) is 10.1. The van der Waals surface area contributed by atoms with Crippen LogP contribution in [0.15, 0.2) is 18.2 Å². The smallest absolute Gasteiger partial charge is 0.374 e. The highest BCUT2D eigenvalue weighted by Gasteiger charge is 2.12. The van der Waals surface area contributed by atoms with Crippen LogP contribution in [0, 0.1) is 13.8 Å². The van der Waals surface area contributed by atoms with Crippen molar-refractivity contribution in [1.82, 2.24) is 0 Å². The highest BCUT2D eigenvalue weighted by molar-refractivity contribution is 6.33. The maximum atomic E-state index is 11.2. The molecule has 1 rings (SSSR count). The highest BCUT2D eigenvalue weighted by Crippen LogP contribution is 2.16. The van der Waals surface area contributed by atoms with Crippen molar-refractivity contribution in [3.05, 3.63) is 29.3 Å². The average Bonchev–Trinajstić information content (AvgIpc) is 2.41. The predicted molar refractivity (Wildman–Crippen MR) is 72.3 cm³/mol. The molecule has 0 aliphatic carbocycles. The molecule has 0 bridgehead atoms. The molecule has 1 aromatic carbocycles. The largest absolute Gasteiger partial charge is 0.494 e. The lowest BCUT2D eigenvalue weighted by molar-refractivity contribution is -0.151. The first kappa shape index (κ1) is 15.2. The molecule has 0 amide bonds. The number of aryl methyl sites for hydroxylation is 2. The number of hydrogen-bond acceptors (Lipinski definition) is 4. The second kappa shape index (κ2) is 7.56. The lowest BCUT2D eigenvalue weighted by Gasteiger charge is -2.08. The quantitative estimate of drug-likeness (QED) is 0.431. The van der Waals surface area contributed by atoms with Gasteiger partial charge in [0.25, 0.3) is 0 Å². The Kier molecular flexibility index (Phi) is 6.06. The van der Waals surface area contributed by atoms with Gasteiger partial charge < -0.3 is 9.47 Å². The average molecular weight is 264 g/mol. The third-order valence-corrected chi connectivity index (χ3v) is 2.96. The SMILES string of the molecule is COC(=O)C(=O)CCCCOc1ccc(C)c(C)c1. The molecule has 0 atom stereocenters. The van der Waals surface area contributed by atoms with Crippen LogP contribution >= 0.6 is 0 Å². The van der Waals surface area contributed by atoms with E-state index in [2.05, 4.69) is 11.7 Å². The van der Waals surface area contributed by atoms with Gasteiger partial charge in [-0.2, -0.15) is 0 Å². The van der Waals surface area contributed by atoms with Crippen LogP contribution < -0.4 is 4.74 Å². The van der Waals surface area contributed by atoms with Crippen molar-refractivity contribution in [3.8, 4) is 5.75 Å². The summed E-state index contributed by atoms with van der Waals surface area (Å²) < 4.78 is 9.93. The maximum absolute atomic E-state index is 11.2. The van der Waals surface area contributed by atoms with Crippen LogP contribution in [0.1, 0.15) is 30.4 Å². The molecule has 0 saturated carbocycles. The minimum Gasteiger partial charge on any atom is -0.494 e. The molecule has 0 aliphatic heterocycles. The van der Waals surface area contributed by atoms with E-state index in [-0.39, 0.29) is 6.42 Å². The minimum absolute atomic E-state index is 0.211. The van der Waals surface area contributed by atoms with Crippen LogP contribution in [0.3, 0.4) is 0 Å². The molecule has 0 unspecified atom stereocenters. The van der Waals surface area contributed by atoms with E-state index in [0.29, 0.717) is 13.0 Å². The summed E-state index contributed by atoms with van der Waals surface area (Å²) in [6.07, 6.45) is 1.57. The molecule has 0 radical (unpaired) electrons. The van der Waals surface area contributed by atoms with E-state index in [1.54, 1.807) is 0 Å². The van der Waals surface area contributed by atoms with Crippen molar-refractivity contribution in [2.75, 3.05) is 13.7 Å². The van der Waals surface area contributed by atoms with Gasteiger partial charge in [-0.15, -0.1) is 0 Å². The Labute approximate surface area is 113 Å². The van der Waals surface area contributed by atoms with Gasteiger partial charge in [0, 0.05) is 6.42 Å². The maximum Gasteiger partial charge on any atom is 0.374 e. The van der Waals surface area contributed by atoms with Gasteiger partial charge in [-0.3, -0.25) is 4.79 Å². The lowest BCUT2D eigenvalue weighted by atomic mass is 10.1. The van der Waals surface area contributed by atoms with Gasteiger partial charge in [-0.25, -0.2) is 4.79 Å². The van der Waals surface area contributed by atoms with Crippen molar-refractivity contribution in [3.63, 3.8) is 0 Å². The Balaban J connectivity index is 2.22. The molecule has 0 N–H and O–H groups in total. The molecule has 4 nitrogen and oxygen atoms in total. The fourth-order valence-corrected chi connectivity index (χ4v) is 1.60. The lowest BCUT2D eigenvalue weighted by Crippen LogP contribution is -2.15. The van der Waals surface area contributed by atoms with Crippen LogP contribution in [0.4, 0.5) is 0 Å². The molecule has 0 aromatic heterocycles. The van der Waals surface area contributed by atoms with Crippen molar-refractivity contribution in [2.45, 2.75) is 33.1 Å². The Morgan fingerprint density at radius 1 is 1.11 bits per heavy atom.